The van der Waals surface area contributed by atoms with Crippen molar-refractivity contribution >= 4 is 17.7 Å². The molecule has 9 heteroatoms. The topological polar surface area (TPSA) is 84.2 Å². The standard InChI is InChI=1S/C7H6F3N3O3/c8-7(9,10)6(16)11-4-1-2-13(12-4)3-5(14)15/h1-2H,3H2,(H,14,15)(H,11,12,16). The molecule has 0 radical (unpaired) electrons. The van der Waals surface area contributed by atoms with Crippen LogP contribution in [0.5, 0.6) is 0 Å². The van der Waals surface area contributed by atoms with Crippen LogP contribution in [0.1, 0.15) is 0 Å². The first-order valence-electron chi connectivity index (χ1n) is 3.92. The number of aromatic nitrogens is 2. The van der Waals surface area contributed by atoms with Crippen LogP contribution in [0.2, 0.25) is 0 Å². The molecule has 0 aliphatic rings. The molecule has 6 nitrogen and oxygen atoms in total. The third-order valence-electron chi connectivity index (χ3n) is 1.44. The maximum Gasteiger partial charge on any atom is 0.471 e. The quantitative estimate of drug-likeness (QED) is 0.800. The average molecular weight is 237 g/mol. The molecule has 0 saturated heterocycles. The molecule has 1 rings (SSSR count). The number of nitrogens with one attached hydrogen (secondary N) is 1. The first kappa shape index (κ1) is 12.0. The van der Waals surface area contributed by atoms with Gasteiger partial charge >= 0.3 is 18.1 Å². The zero-order chi connectivity index (χ0) is 12.3. The van der Waals surface area contributed by atoms with Gasteiger partial charge in [-0.2, -0.15) is 18.3 Å². The summed E-state index contributed by atoms with van der Waals surface area (Å²) in [7, 11) is 0. The number of carbonyl (C=O) groups excluding carboxylic acids is 1. The van der Waals surface area contributed by atoms with Crippen LogP contribution >= 0.6 is 0 Å². The van der Waals surface area contributed by atoms with E-state index < -0.39 is 24.6 Å². The normalized spacial score (nSPS) is 11.2. The van der Waals surface area contributed by atoms with E-state index in [1.165, 1.54) is 5.32 Å². The van der Waals surface area contributed by atoms with Gasteiger partial charge in [0.15, 0.2) is 5.82 Å². The number of alkyl halides is 3. The Kier molecular flexibility index (Phi) is 3.16. The molecule has 0 unspecified atom stereocenters. The summed E-state index contributed by atoms with van der Waals surface area (Å²) in [5.74, 6) is -3.71. The van der Waals surface area contributed by atoms with Gasteiger partial charge < -0.3 is 10.4 Å². The number of halogens is 3. The van der Waals surface area contributed by atoms with Gasteiger partial charge in [0.1, 0.15) is 6.54 Å². The van der Waals surface area contributed by atoms with Crippen LogP contribution in [-0.4, -0.2) is 32.9 Å². The van der Waals surface area contributed by atoms with E-state index in [-0.39, 0.29) is 5.82 Å². The smallest absolute Gasteiger partial charge is 0.471 e. The summed E-state index contributed by atoms with van der Waals surface area (Å²) in [6.07, 6.45) is -3.86. The molecule has 16 heavy (non-hydrogen) atoms. The summed E-state index contributed by atoms with van der Waals surface area (Å²) in [5.41, 5.74) is 0. The van der Waals surface area contributed by atoms with Crippen molar-refractivity contribution in [2.24, 2.45) is 0 Å². The van der Waals surface area contributed by atoms with Crippen molar-refractivity contribution in [2.45, 2.75) is 12.7 Å². The van der Waals surface area contributed by atoms with E-state index in [4.69, 9.17) is 5.11 Å². The maximum absolute atomic E-state index is 11.8. The van der Waals surface area contributed by atoms with Crippen molar-refractivity contribution in [1.82, 2.24) is 9.78 Å². The lowest BCUT2D eigenvalue weighted by atomic mass is 10.5. The van der Waals surface area contributed by atoms with E-state index in [0.717, 1.165) is 16.9 Å². The minimum absolute atomic E-state index is 0.358. The average Bonchev–Trinajstić information content (AvgIpc) is 2.49. The van der Waals surface area contributed by atoms with E-state index in [0.29, 0.717) is 0 Å². The van der Waals surface area contributed by atoms with Gasteiger partial charge in [0.25, 0.3) is 0 Å². The van der Waals surface area contributed by atoms with Crippen LogP contribution in [0.3, 0.4) is 0 Å². The summed E-state index contributed by atoms with van der Waals surface area (Å²) >= 11 is 0. The Labute approximate surface area is 86.7 Å². The second-order valence-electron chi connectivity index (χ2n) is 2.74. The third kappa shape index (κ3) is 3.26. The van der Waals surface area contributed by atoms with Crippen molar-refractivity contribution < 1.29 is 27.9 Å². The van der Waals surface area contributed by atoms with E-state index >= 15 is 0 Å². The first-order valence-corrected chi connectivity index (χ1v) is 3.92. The second kappa shape index (κ2) is 4.21. The fraction of sp³-hybridized carbons (Fsp3) is 0.286. The first-order chi connectivity index (χ1) is 7.29. The summed E-state index contributed by atoms with van der Waals surface area (Å²) in [6.45, 7) is -0.498. The van der Waals surface area contributed by atoms with Gasteiger partial charge in [-0.1, -0.05) is 0 Å². The van der Waals surface area contributed by atoms with Crippen molar-refractivity contribution in [2.75, 3.05) is 5.32 Å². The summed E-state index contributed by atoms with van der Waals surface area (Å²) in [6, 6.07) is 1.06. The van der Waals surface area contributed by atoms with Crippen LogP contribution in [0.15, 0.2) is 12.3 Å². The Morgan fingerprint density at radius 1 is 1.50 bits per heavy atom. The molecule has 88 valence electrons. The zero-order valence-electron chi connectivity index (χ0n) is 7.65. The number of hydrogen-bond donors (Lipinski definition) is 2. The molecule has 1 aromatic heterocycles. The van der Waals surface area contributed by atoms with Crippen molar-refractivity contribution in [3.05, 3.63) is 12.3 Å². The van der Waals surface area contributed by atoms with Crippen LogP contribution in [0.4, 0.5) is 19.0 Å². The van der Waals surface area contributed by atoms with Crippen LogP contribution in [0.25, 0.3) is 0 Å². The Morgan fingerprint density at radius 3 is 2.62 bits per heavy atom. The highest BCUT2D eigenvalue weighted by atomic mass is 19.4. The largest absolute Gasteiger partial charge is 0.480 e. The number of hydrogen-bond acceptors (Lipinski definition) is 3. The molecule has 1 aromatic rings. The number of carbonyl (C=O) groups is 2. The van der Waals surface area contributed by atoms with E-state index in [1.54, 1.807) is 0 Å². The Bertz CT molecular complexity index is 412. The second-order valence-corrected chi connectivity index (χ2v) is 2.74. The minimum Gasteiger partial charge on any atom is -0.480 e. The van der Waals surface area contributed by atoms with Crippen LogP contribution in [0, 0.1) is 0 Å². The molecule has 2 N–H and O–H groups in total. The lowest BCUT2D eigenvalue weighted by molar-refractivity contribution is -0.167. The number of nitrogens with zero attached hydrogens (tertiary/aromatic N) is 2. The Hall–Kier alpha value is -2.06. The van der Waals surface area contributed by atoms with E-state index in [1.807, 2.05) is 0 Å². The molecule has 0 atom stereocenters. The molecule has 0 fully saturated rings. The Morgan fingerprint density at radius 2 is 2.12 bits per heavy atom. The molecular weight excluding hydrogens is 231 g/mol. The van der Waals surface area contributed by atoms with E-state index in [9.17, 15) is 22.8 Å². The number of anilines is 1. The fourth-order valence-electron chi connectivity index (χ4n) is 0.842. The molecule has 0 spiro atoms. The number of amides is 1. The zero-order valence-corrected chi connectivity index (χ0v) is 7.65. The van der Waals surface area contributed by atoms with Crippen LogP contribution < -0.4 is 5.32 Å². The van der Waals surface area contributed by atoms with Crippen molar-refractivity contribution in [3.63, 3.8) is 0 Å². The SMILES string of the molecule is O=C(O)Cn1ccc(NC(=O)C(F)(F)F)n1. The molecule has 1 heterocycles. The fourth-order valence-corrected chi connectivity index (χ4v) is 0.842. The summed E-state index contributed by atoms with van der Waals surface area (Å²) in [4.78, 5) is 20.7. The minimum atomic E-state index is -5.00. The van der Waals surface area contributed by atoms with Gasteiger partial charge in [0.2, 0.25) is 0 Å². The van der Waals surface area contributed by atoms with Gasteiger partial charge in [-0.05, 0) is 0 Å². The van der Waals surface area contributed by atoms with Gasteiger partial charge in [-0.3, -0.25) is 14.3 Å². The summed E-state index contributed by atoms with van der Waals surface area (Å²) in [5, 5.41) is 13.3. The predicted octanol–water partition coefficient (Wildman–Crippen LogP) is 0.468. The van der Waals surface area contributed by atoms with Gasteiger partial charge in [0.05, 0.1) is 0 Å². The van der Waals surface area contributed by atoms with Gasteiger partial charge in [0, 0.05) is 12.3 Å². The van der Waals surface area contributed by atoms with E-state index in [2.05, 4.69) is 5.10 Å². The number of rotatable bonds is 3. The predicted molar refractivity (Wildman–Crippen MR) is 44.5 cm³/mol. The number of carboxylic acid groups (broad SMARTS) is 1. The number of carboxylic acids is 1. The van der Waals surface area contributed by atoms with Crippen molar-refractivity contribution in [1.29, 1.82) is 0 Å². The molecule has 0 bridgehead atoms. The lowest BCUT2D eigenvalue weighted by Gasteiger charge is -2.04. The summed E-state index contributed by atoms with van der Waals surface area (Å²) < 4.78 is 36.3. The molecule has 0 aliphatic carbocycles. The van der Waals surface area contributed by atoms with Gasteiger partial charge in [-0.25, -0.2) is 0 Å². The Balaban J connectivity index is 2.66. The van der Waals surface area contributed by atoms with Crippen molar-refractivity contribution in [3.8, 4) is 0 Å². The number of aliphatic carboxylic acids is 1. The third-order valence-corrected chi connectivity index (χ3v) is 1.44. The molecule has 0 aliphatic heterocycles. The lowest BCUT2D eigenvalue weighted by Crippen LogP contribution is -2.30. The maximum atomic E-state index is 11.8. The molecule has 1 amide bonds. The van der Waals surface area contributed by atoms with Crippen LogP contribution in [-0.2, 0) is 16.1 Å². The molecule has 0 aromatic carbocycles. The molecule has 0 saturated carbocycles. The highest BCUT2D eigenvalue weighted by Gasteiger charge is 2.39. The van der Waals surface area contributed by atoms with Gasteiger partial charge in [-0.15, -0.1) is 0 Å². The molecular formula is C7H6F3N3O3. The monoisotopic (exact) mass is 237 g/mol. The highest BCUT2D eigenvalue weighted by Crippen LogP contribution is 2.17. The highest BCUT2D eigenvalue weighted by molar-refractivity contribution is 5.94.